The van der Waals surface area contributed by atoms with Crippen LogP contribution in [0, 0.1) is 5.92 Å². The number of rotatable bonds is 7. The second-order valence-corrected chi connectivity index (χ2v) is 5.77. The number of carbonyl (C=O) groups is 1. The lowest BCUT2D eigenvalue weighted by Crippen LogP contribution is -2.48. The standard InChI is InChI=1S/C17H26N2O3.ClH/c1-13-12-18-9-8-16(13)19-17(20)14-4-6-15(7-5-14)22-11-3-10-21-2;/h4-7,13,16,18H,3,8-12H2,1-2H3,(H,19,20);1H. The summed E-state index contributed by atoms with van der Waals surface area (Å²) in [6.45, 7) is 5.39. The minimum Gasteiger partial charge on any atom is -0.494 e. The number of amides is 1. The highest BCUT2D eigenvalue weighted by Gasteiger charge is 2.22. The molecule has 5 nitrogen and oxygen atoms in total. The summed E-state index contributed by atoms with van der Waals surface area (Å²) in [6, 6.07) is 7.55. The summed E-state index contributed by atoms with van der Waals surface area (Å²) < 4.78 is 10.6. The Morgan fingerprint density at radius 2 is 2.04 bits per heavy atom. The maximum Gasteiger partial charge on any atom is 0.251 e. The number of hydrogen-bond acceptors (Lipinski definition) is 4. The average Bonchev–Trinajstić information content (AvgIpc) is 2.54. The third kappa shape index (κ3) is 6.37. The van der Waals surface area contributed by atoms with Crippen LogP contribution in [0.25, 0.3) is 0 Å². The van der Waals surface area contributed by atoms with Gasteiger partial charge in [0, 0.05) is 31.7 Å². The van der Waals surface area contributed by atoms with Gasteiger partial charge in [-0.25, -0.2) is 0 Å². The molecule has 6 heteroatoms. The van der Waals surface area contributed by atoms with Gasteiger partial charge in [-0.3, -0.25) is 4.79 Å². The first-order chi connectivity index (χ1) is 10.7. The smallest absolute Gasteiger partial charge is 0.251 e. The second-order valence-electron chi connectivity index (χ2n) is 5.77. The largest absolute Gasteiger partial charge is 0.494 e. The predicted molar refractivity (Wildman–Crippen MR) is 93.6 cm³/mol. The van der Waals surface area contributed by atoms with Gasteiger partial charge in [0.05, 0.1) is 6.61 Å². The zero-order valence-corrected chi connectivity index (χ0v) is 14.7. The molecule has 0 saturated carbocycles. The van der Waals surface area contributed by atoms with E-state index in [1.807, 2.05) is 24.3 Å². The molecule has 1 heterocycles. The van der Waals surface area contributed by atoms with Crippen LogP contribution in [0.15, 0.2) is 24.3 Å². The van der Waals surface area contributed by atoms with Crippen molar-refractivity contribution in [2.45, 2.75) is 25.8 Å². The van der Waals surface area contributed by atoms with E-state index in [0.29, 0.717) is 24.7 Å². The minimum absolute atomic E-state index is 0. The highest BCUT2D eigenvalue weighted by Crippen LogP contribution is 2.15. The molecule has 2 rings (SSSR count). The SMILES string of the molecule is COCCCOc1ccc(C(=O)NC2CCNCC2C)cc1.Cl. The Kier molecular flexibility index (Phi) is 8.99. The fourth-order valence-corrected chi connectivity index (χ4v) is 2.58. The quantitative estimate of drug-likeness (QED) is 0.746. The minimum atomic E-state index is -0.00955. The first-order valence-electron chi connectivity index (χ1n) is 7.94. The summed E-state index contributed by atoms with van der Waals surface area (Å²) in [5.74, 6) is 1.23. The molecule has 0 aliphatic carbocycles. The van der Waals surface area contributed by atoms with E-state index in [0.717, 1.165) is 31.7 Å². The van der Waals surface area contributed by atoms with E-state index >= 15 is 0 Å². The molecule has 2 N–H and O–H groups in total. The number of halogens is 1. The van der Waals surface area contributed by atoms with Gasteiger partial charge < -0.3 is 20.1 Å². The molecule has 130 valence electrons. The summed E-state index contributed by atoms with van der Waals surface area (Å²) >= 11 is 0. The lowest BCUT2D eigenvalue weighted by atomic mass is 9.95. The van der Waals surface area contributed by atoms with Crippen LogP contribution in [0.4, 0.5) is 0 Å². The summed E-state index contributed by atoms with van der Waals surface area (Å²) in [5.41, 5.74) is 0.676. The highest BCUT2D eigenvalue weighted by atomic mass is 35.5. The maximum atomic E-state index is 12.3. The molecule has 2 atom stereocenters. The number of hydrogen-bond donors (Lipinski definition) is 2. The molecule has 1 aromatic rings. The summed E-state index contributed by atoms with van der Waals surface area (Å²) in [7, 11) is 1.68. The van der Waals surface area contributed by atoms with E-state index in [2.05, 4.69) is 17.6 Å². The van der Waals surface area contributed by atoms with Crippen molar-refractivity contribution in [1.82, 2.24) is 10.6 Å². The summed E-state index contributed by atoms with van der Waals surface area (Å²) in [6.07, 6.45) is 1.83. The van der Waals surface area contributed by atoms with Crippen molar-refractivity contribution < 1.29 is 14.3 Å². The van der Waals surface area contributed by atoms with Crippen molar-refractivity contribution in [3.8, 4) is 5.75 Å². The lowest BCUT2D eigenvalue weighted by Gasteiger charge is -2.30. The van der Waals surface area contributed by atoms with Crippen LogP contribution >= 0.6 is 12.4 Å². The number of carbonyl (C=O) groups excluding carboxylic acids is 1. The first kappa shape index (κ1) is 19.7. The highest BCUT2D eigenvalue weighted by molar-refractivity contribution is 5.94. The molecular formula is C17H27ClN2O3. The monoisotopic (exact) mass is 342 g/mol. The molecule has 1 amide bonds. The zero-order valence-electron chi connectivity index (χ0n) is 13.8. The number of ether oxygens (including phenoxy) is 2. The zero-order chi connectivity index (χ0) is 15.8. The molecule has 1 saturated heterocycles. The normalized spacial score (nSPS) is 20.4. The van der Waals surface area contributed by atoms with Crippen LogP contribution in [0.1, 0.15) is 30.1 Å². The molecule has 0 spiro atoms. The molecule has 1 aromatic carbocycles. The molecule has 0 bridgehead atoms. The van der Waals surface area contributed by atoms with Crippen molar-refractivity contribution in [3.05, 3.63) is 29.8 Å². The van der Waals surface area contributed by atoms with E-state index in [9.17, 15) is 4.79 Å². The van der Waals surface area contributed by atoms with Crippen molar-refractivity contribution >= 4 is 18.3 Å². The average molecular weight is 343 g/mol. The third-order valence-electron chi connectivity index (χ3n) is 3.98. The molecule has 0 radical (unpaired) electrons. The molecule has 23 heavy (non-hydrogen) atoms. The van der Waals surface area contributed by atoms with E-state index in [-0.39, 0.29) is 24.4 Å². The van der Waals surface area contributed by atoms with Crippen LogP contribution in [0.5, 0.6) is 5.75 Å². The number of piperidine rings is 1. The van der Waals surface area contributed by atoms with Crippen molar-refractivity contribution in [1.29, 1.82) is 0 Å². The Labute approximate surface area is 144 Å². The van der Waals surface area contributed by atoms with Gasteiger partial charge in [0.25, 0.3) is 5.91 Å². The summed E-state index contributed by atoms with van der Waals surface area (Å²) in [5, 5.41) is 6.46. The Morgan fingerprint density at radius 1 is 1.30 bits per heavy atom. The van der Waals surface area contributed by atoms with Gasteiger partial charge in [0.1, 0.15) is 5.75 Å². The topological polar surface area (TPSA) is 59.6 Å². The summed E-state index contributed by atoms with van der Waals surface area (Å²) in [4.78, 5) is 12.3. The molecular weight excluding hydrogens is 316 g/mol. The molecule has 0 aromatic heterocycles. The van der Waals surface area contributed by atoms with Crippen LogP contribution in [0.3, 0.4) is 0 Å². The molecule has 2 unspecified atom stereocenters. The van der Waals surface area contributed by atoms with Crippen LogP contribution < -0.4 is 15.4 Å². The van der Waals surface area contributed by atoms with Crippen LogP contribution in [0.2, 0.25) is 0 Å². The molecule has 1 aliphatic rings. The number of methoxy groups -OCH3 is 1. The van der Waals surface area contributed by atoms with Gasteiger partial charge in [0.2, 0.25) is 0 Å². The van der Waals surface area contributed by atoms with Gasteiger partial charge in [-0.1, -0.05) is 6.92 Å². The third-order valence-corrected chi connectivity index (χ3v) is 3.98. The van der Waals surface area contributed by atoms with Gasteiger partial charge in [-0.2, -0.15) is 0 Å². The van der Waals surface area contributed by atoms with Gasteiger partial charge in [-0.15, -0.1) is 12.4 Å². The first-order valence-corrected chi connectivity index (χ1v) is 7.94. The van der Waals surface area contributed by atoms with Gasteiger partial charge in [-0.05, 0) is 49.7 Å². The number of nitrogens with one attached hydrogen (secondary N) is 2. The van der Waals surface area contributed by atoms with Crippen molar-refractivity contribution in [2.24, 2.45) is 5.92 Å². The Bertz CT molecular complexity index is 467. The fraction of sp³-hybridized carbons (Fsp3) is 0.588. The maximum absolute atomic E-state index is 12.3. The Morgan fingerprint density at radius 3 is 2.70 bits per heavy atom. The predicted octanol–water partition coefficient (Wildman–Crippen LogP) is 2.25. The van der Waals surface area contributed by atoms with Crippen LogP contribution in [-0.4, -0.2) is 45.4 Å². The van der Waals surface area contributed by atoms with Gasteiger partial charge >= 0.3 is 0 Å². The molecule has 1 aliphatic heterocycles. The van der Waals surface area contributed by atoms with E-state index in [4.69, 9.17) is 9.47 Å². The van der Waals surface area contributed by atoms with Crippen molar-refractivity contribution in [2.75, 3.05) is 33.4 Å². The van der Waals surface area contributed by atoms with Crippen molar-refractivity contribution in [3.63, 3.8) is 0 Å². The second kappa shape index (κ2) is 10.5. The van der Waals surface area contributed by atoms with Crippen LogP contribution in [-0.2, 0) is 4.74 Å². The fourth-order valence-electron chi connectivity index (χ4n) is 2.58. The van der Waals surface area contributed by atoms with E-state index in [1.165, 1.54) is 0 Å². The van der Waals surface area contributed by atoms with E-state index in [1.54, 1.807) is 7.11 Å². The number of benzene rings is 1. The van der Waals surface area contributed by atoms with E-state index < -0.39 is 0 Å². The lowest BCUT2D eigenvalue weighted by molar-refractivity contribution is 0.0914. The molecule has 1 fully saturated rings. The Hall–Kier alpha value is -1.30. The van der Waals surface area contributed by atoms with Gasteiger partial charge in [0.15, 0.2) is 0 Å². The Balaban J connectivity index is 0.00000264.